The molecule has 3 aromatic rings. The van der Waals surface area contributed by atoms with Gasteiger partial charge in [-0.25, -0.2) is 0 Å². The van der Waals surface area contributed by atoms with E-state index in [1.54, 1.807) is 14.2 Å². The van der Waals surface area contributed by atoms with Gasteiger partial charge in [-0.1, -0.05) is 18.2 Å². The van der Waals surface area contributed by atoms with E-state index in [2.05, 4.69) is 22.3 Å². The van der Waals surface area contributed by atoms with E-state index in [0.29, 0.717) is 39.5 Å². The molecule has 9 heteroatoms. The number of nitrogens with one attached hydrogen (secondary N) is 1. The number of aliphatic hydroxyl groups is 1. The molecule has 42 heavy (non-hydrogen) atoms. The minimum atomic E-state index is -0.561. The number of methoxy groups -OCH3 is 2. The highest BCUT2D eigenvalue weighted by Crippen LogP contribution is 2.35. The highest BCUT2D eigenvalue weighted by Gasteiger charge is 2.34. The molecular formula is C33H42N2O7. The predicted molar refractivity (Wildman–Crippen MR) is 161 cm³/mol. The van der Waals surface area contributed by atoms with Gasteiger partial charge >= 0.3 is 0 Å². The van der Waals surface area contributed by atoms with Crippen LogP contribution in [0.15, 0.2) is 66.7 Å². The number of rotatable bonds is 14. The Balaban J connectivity index is 1.20. The lowest BCUT2D eigenvalue weighted by molar-refractivity contribution is -0.0328. The normalized spacial score (nSPS) is 20.1. The van der Waals surface area contributed by atoms with Gasteiger partial charge in [0.25, 0.3) is 0 Å². The number of piperidine rings is 1. The molecule has 9 nitrogen and oxygen atoms in total. The lowest BCUT2D eigenvalue weighted by Crippen LogP contribution is -2.49. The minimum absolute atomic E-state index is 0.157. The van der Waals surface area contributed by atoms with Crippen LogP contribution in [0.25, 0.3) is 0 Å². The van der Waals surface area contributed by atoms with Gasteiger partial charge in [0.05, 0.1) is 37.7 Å². The molecule has 0 radical (unpaired) electrons. The SMILES string of the molecule is COCCCN1CCOc2ccc(CO[C@H]3CNC[C@@H](O)[C@@H]3c3ccc(Oc4ccc(OCCOC)cc4)cc3)cc21. The van der Waals surface area contributed by atoms with Crippen LogP contribution >= 0.6 is 0 Å². The number of nitrogens with zero attached hydrogens (tertiary/aromatic N) is 1. The van der Waals surface area contributed by atoms with Crippen molar-refractivity contribution in [2.45, 2.75) is 31.2 Å². The monoisotopic (exact) mass is 578 g/mol. The first-order chi connectivity index (χ1) is 20.6. The molecule has 3 aromatic carbocycles. The van der Waals surface area contributed by atoms with Crippen LogP contribution in [-0.2, 0) is 20.8 Å². The maximum absolute atomic E-state index is 11.0. The molecule has 2 aliphatic rings. The summed E-state index contributed by atoms with van der Waals surface area (Å²) in [7, 11) is 3.38. The summed E-state index contributed by atoms with van der Waals surface area (Å²) in [5.41, 5.74) is 3.20. The number of aliphatic hydroxyl groups excluding tert-OH is 1. The summed E-state index contributed by atoms with van der Waals surface area (Å²) in [6.07, 6.45) is 0.218. The first kappa shape index (κ1) is 30.1. The molecule has 2 heterocycles. The lowest BCUT2D eigenvalue weighted by Gasteiger charge is -2.36. The average Bonchev–Trinajstić information content (AvgIpc) is 3.02. The average molecular weight is 579 g/mol. The molecule has 0 spiro atoms. The van der Waals surface area contributed by atoms with Gasteiger partial charge in [0, 0.05) is 46.4 Å². The molecule has 0 bridgehead atoms. The number of hydrogen-bond acceptors (Lipinski definition) is 9. The number of β-amino-alcohol motifs (C(OH)–C–C–N with tert-alkyl or cyclic N) is 1. The summed E-state index contributed by atoms with van der Waals surface area (Å²) in [5, 5.41) is 14.3. The molecule has 0 aromatic heterocycles. The summed E-state index contributed by atoms with van der Waals surface area (Å²) < 4.78 is 34.3. The summed E-state index contributed by atoms with van der Waals surface area (Å²) in [6.45, 7) is 5.87. The fourth-order valence-corrected chi connectivity index (χ4v) is 5.46. The number of anilines is 1. The van der Waals surface area contributed by atoms with E-state index in [-0.39, 0.29) is 12.0 Å². The van der Waals surface area contributed by atoms with E-state index in [9.17, 15) is 5.11 Å². The van der Waals surface area contributed by atoms with Crippen LogP contribution in [0, 0.1) is 0 Å². The Hall–Kier alpha value is -3.34. The van der Waals surface area contributed by atoms with Gasteiger partial charge < -0.3 is 43.7 Å². The second kappa shape index (κ2) is 15.2. The van der Waals surface area contributed by atoms with Crippen molar-refractivity contribution in [3.8, 4) is 23.0 Å². The Bertz CT molecular complexity index is 1240. The fraction of sp³-hybridized carbons (Fsp3) is 0.455. The van der Waals surface area contributed by atoms with Gasteiger partial charge in [0.1, 0.15) is 36.2 Å². The van der Waals surface area contributed by atoms with Crippen LogP contribution in [0.5, 0.6) is 23.0 Å². The standard InChI is InChI=1S/C33H42N2O7/c1-37-16-3-14-35-15-17-40-31-13-4-24(20-29(31)35)23-41-32-22-34-21-30(36)33(32)25-5-7-27(8-6-25)42-28-11-9-26(10-12-28)39-19-18-38-2/h4-13,20,30,32-34,36H,3,14-19,21-23H2,1-2H3/t30-,32+,33+/m1/s1. The second-order valence-corrected chi connectivity index (χ2v) is 10.6. The van der Waals surface area contributed by atoms with Crippen molar-refractivity contribution in [3.63, 3.8) is 0 Å². The van der Waals surface area contributed by atoms with Crippen LogP contribution in [0.3, 0.4) is 0 Å². The lowest BCUT2D eigenvalue weighted by atomic mass is 9.85. The predicted octanol–water partition coefficient (Wildman–Crippen LogP) is 4.37. The molecule has 226 valence electrons. The molecule has 2 aliphatic heterocycles. The summed E-state index contributed by atoms with van der Waals surface area (Å²) in [5.74, 6) is 2.96. The van der Waals surface area contributed by atoms with Gasteiger partial charge in [-0.15, -0.1) is 0 Å². The van der Waals surface area contributed by atoms with Crippen LogP contribution in [-0.4, -0.2) is 84.1 Å². The number of ether oxygens (including phenoxy) is 6. The molecule has 1 fully saturated rings. The van der Waals surface area contributed by atoms with Gasteiger partial charge in [-0.2, -0.15) is 0 Å². The molecular weight excluding hydrogens is 536 g/mol. The molecule has 2 N–H and O–H groups in total. The largest absolute Gasteiger partial charge is 0.491 e. The molecule has 0 unspecified atom stereocenters. The van der Waals surface area contributed by atoms with Gasteiger partial charge in [0.2, 0.25) is 0 Å². The molecule has 0 amide bonds. The third kappa shape index (κ3) is 7.93. The quantitative estimate of drug-likeness (QED) is 0.271. The second-order valence-electron chi connectivity index (χ2n) is 10.6. The van der Waals surface area contributed by atoms with Crippen molar-refractivity contribution in [2.75, 3.05) is 71.7 Å². The Morgan fingerprint density at radius 2 is 1.62 bits per heavy atom. The summed E-state index contributed by atoms with van der Waals surface area (Å²) in [6, 6.07) is 21.7. The third-order valence-corrected chi connectivity index (χ3v) is 7.62. The molecule has 5 rings (SSSR count). The highest BCUT2D eigenvalue weighted by molar-refractivity contribution is 5.61. The van der Waals surface area contributed by atoms with E-state index in [0.717, 1.165) is 65.9 Å². The first-order valence-electron chi connectivity index (χ1n) is 14.6. The maximum Gasteiger partial charge on any atom is 0.142 e. The zero-order valence-corrected chi connectivity index (χ0v) is 24.5. The number of hydrogen-bond donors (Lipinski definition) is 2. The first-order valence-corrected chi connectivity index (χ1v) is 14.6. The zero-order chi connectivity index (χ0) is 29.1. The Morgan fingerprint density at radius 3 is 2.38 bits per heavy atom. The van der Waals surface area contributed by atoms with E-state index >= 15 is 0 Å². The smallest absolute Gasteiger partial charge is 0.142 e. The van der Waals surface area contributed by atoms with E-state index in [1.165, 1.54) is 0 Å². The maximum atomic E-state index is 11.0. The Morgan fingerprint density at radius 1 is 0.881 bits per heavy atom. The van der Waals surface area contributed by atoms with Crippen molar-refractivity contribution in [1.82, 2.24) is 5.32 Å². The molecule has 0 saturated carbocycles. The van der Waals surface area contributed by atoms with Crippen molar-refractivity contribution in [2.24, 2.45) is 0 Å². The number of benzene rings is 3. The third-order valence-electron chi connectivity index (χ3n) is 7.62. The van der Waals surface area contributed by atoms with Crippen LogP contribution < -0.4 is 24.4 Å². The van der Waals surface area contributed by atoms with Gasteiger partial charge in [0.15, 0.2) is 0 Å². The molecule has 1 saturated heterocycles. The van der Waals surface area contributed by atoms with Crippen molar-refractivity contribution in [3.05, 3.63) is 77.9 Å². The Kier molecular flexibility index (Phi) is 10.9. The van der Waals surface area contributed by atoms with Crippen LogP contribution in [0.2, 0.25) is 0 Å². The van der Waals surface area contributed by atoms with Crippen molar-refractivity contribution < 1.29 is 33.5 Å². The highest BCUT2D eigenvalue weighted by atomic mass is 16.5. The Labute approximate surface area is 248 Å². The van der Waals surface area contributed by atoms with E-state index in [4.69, 9.17) is 28.4 Å². The van der Waals surface area contributed by atoms with Gasteiger partial charge in [-0.3, -0.25) is 0 Å². The molecule has 3 atom stereocenters. The van der Waals surface area contributed by atoms with E-state index < -0.39 is 6.10 Å². The van der Waals surface area contributed by atoms with Gasteiger partial charge in [-0.05, 0) is 66.1 Å². The summed E-state index contributed by atoms with van der Waals surface area (Å²) >= 11 is 0. The zero-order valence-electron chi connectivity index (χ0n) is 24.5. The van der Waals surface area contributed by atoms with E-state index in [1.807, 2.05) is 54.6 Å². The van der Waals surface area contributed by atoms with Crippen LogP contribution in [0.4, 0.5) is 5.69 Å². The topological polar surface area (TPSA) is 90.9 Å². The van der Waals surface area contributed by atoms with Crippen molar-refractivity contribution >= 4 is 5.69 Å². The summed E-state index contributed by atoms with van der Waals surface area (Å²) in [4.78, 5) is 2.35. The fourth-order valence-electron chi connectivity index (χ4n) is 5.46. The van der Waals surface area contributed by atoms with Crippen LogP contribution in [0.1, 0.15) is 23.5 Å². The number of fused-ring (bicyclic) bond motifs is 1. The van der Waals surface area contributed by atoms with Crippen molar-refractivity contribution in [1.29, 1.82) is 0 Å². The minimum Gasteiger partial charge on any atom is -0.491 e. The molecule has 0 aliphatic carbocycles.